The summed E-state index contributed by atoms with van der Waals surface area (Å²) in [6, 6.07) is 6.79. The highest BCUT2D eigenvalue weighted by Gasteiger charge is 2.55. The minimum absolute atomic E-state index is 0.0123. The number of amides is 1. The van der Waals surface area contributed by atoms with Gasteiger partial charge in [0.25, 0.3) is 0 Å². The zero-order valence-electron chi connectivity index (χ0n) is 18.0. The van der Waals surface area contributed by atoms with Gasteiger partial charge in [0.05, 0.1) is 31.3 Å². The van der Waals surface area contributed by atoms with Crippen molar-refractivity contribution in [1.29, 1.82) is 10.7 Å². The van der Waals surface area contributed by atoms with Crippen molar-refractivity contribution in [1.82, 2.24) is 10.2 Å². The Bertz CT molecular complexity index is 926. The number of carbonyl (C=O) groups excluding carboxylic acids is 1. The average Bonchev–Trinajstić information content (AvgIpc) is 2.73. The molecule has 3 fully saturated rings. The first kappa shape index (κ1) is 21.6. The van der Waals surface area contributed by atoms with E-state index < -0.39 is 17.3 Å². The van der Waals surface area contributed by atoms with E-state index in [-0.39, 0.29) is 35.6 Å². The second-order valence-electron chi connectivity index (χ2n) is 9.19. The molecule has 2 saturated heterocycles. The summed E-state index contributed by atoms with van der Waals surface area (Å²) in [7, 11) is 1.55. The van der Waals surface area contributed by atoms with Crippen molar-refractivity contribution in [3.8, 4) is 11.8 Å². The van der Waals surface area contributed by atoms with Crippen molar-refractivity contribution in [3.63, 3.8) is 0 Å². The Kier molecular flexibility index (Phi) is 5.65. The van der Waals surface area contributed by atoms with Crippen LogP contribution in [0.15, 0.2) is 18.2 Å². The quantitative estimate of drug-likeness (QED) is 0.724. The summed E-state index contributed by atoms with van der Waals surface area (Å²) in [5, 5.41) is 20.2. The van der Waals surface area contributed by atoms with Gasteiger partial charge < -0.3 is 14.8 Å². The van der Waals surface area contributed by atoms with E-state index in [1.807, 2.05) is 6.92 Å². The van der Waals surface area contributed by atoms with E-state index in [0.29, 0.717) is 25.2 Å². The lowest BCUT2D eigenvalue weighted by Gasteiger charge is -2.51. The number of halogens is 1. The highest BCUT2D eigenvalue weighted by Crippen LogP contribution is 2.46. The Hall–Kier alpha value is -2.66. The maximum absolute atomic E-state index is 15.1. The first-order valence-electron chi connectivity index (χ1n) is 10.9. The van der Waals surface area contributed by atoms with Crippen LogP contribution in [0.3, 0.4) is 0 Å². The number of nitriles is 1. The number of hydrogen-bond acceptors (Lipinski definition) is 5. The number of benzene rings is 1. The number of nitrogens with one attached hydrogen (secondary N) is 2. The van der Waals surface area contributed by atoms with Gasteiger partial charge >= 0.3 is 0 Å². The van der Waals surface area contributed by atoms with Crippen molar-refractivity contribution < 1.29 is 18.7 Å². The summed E-state index contributed by atoms with van der Waals surface area (Å²) >= 11 is 0. The van der Waals surface area contributed by atoms with Crippen LogP contribution < -0.4 is 10.1 Å². The van der Waals surface area contributed by atoms with Crippen LogP contribution in [-0.4, -0.2) is 43.1 Å². The number of hydrogen-bond donors (Lipinski definition) is 2. The van der Waals surface area contributed by atoms with Gasteiger partial charge in [-0.3, -0.25) is 15.1 Å². The fourth-order valence-corrected chi connectivity index (χ4v) is 5.02. The Morgan fingerprint density at radius 2 is 2.23 bits per heavy atom. The number of ether oxygens (including phenoxy) is 2. The molecule has 0 bridgehead atoms. The minimum atomic E-state index is -1.15. The van der Waals surface area contributed by atoms with E-state index in [1.54, 1.807) is 19.2 Å². The summed E-state index contributed by atoms with van der Waals surface area (Å²) in [6.45, 7) is 2.47. The molecule has 31 heavy (non-hydrogen) atoms. The van der Waals surface area contributed by atoms with Gasteiger partial charge in [-0.2, -0.15) is 5.26 Å². The summed E-state index contributed by atoms with van der Waals surface area (Å²) in [5.74, 6) is -0.777. The van der Waals surface area contributed by atoms with E-state index in [9.17, 15) is 4.79 Å². The second kappa shape index (κ2) is 8.12. The summed E-state index contributed by atoms with van der Waals surface area (Å²) in [5.41, 5.74) is -0.850. The molecule has 0 aromatic heterocycles. The number of carbonyl (C=O) groups is 1. The molecular formula is C23H29FN4O3. The lowest BCUT2D eigenvalue weighted by molar-refractivity contribution is -0.148. The molecule has 2 heterocycles. The standard InChI is InChI=1S/C23H29FN4O3/c1-15-11-18-20(29)28(2)21(26)27-23(18,14-30-15)17-12-16(5-6-19(17)24)31-13-22(7-3-8-22)9-4-10-25/h5-6,12,15,18H,3-4,7-9,11,13-14H2,1-2H3,(H2,26,27)/t15-,18-,23+/m0/s1. The van der Waals surface area contributed by atoms with Gasteiger partial charge in [-0.15, -0.1) is 0 Å². The predicted molar refractivity (Wildman–Crippen MR) is 112 cm³/mol. The molecule has 4 rings (SSSR count). The molecule has 2 aliphatic heterocycles. The number of fused-ring (bicyclic) bond motifs is 1. The maximum Gasteiger partial charge on any atom is 0.235 e. The highest BCUT2D eigenvalue weighted by molar-refractivity contribution is 6.00. The van der Waals surface area contributed by atoms with Gasteiger partial charge in [-0.1, -0.05) is 6.42 Å². The van der Waals surface area contributed by atoms with E-state index in [1.165, 1.54) is 11.0 Å². The molecule has 1 aliphatic carbocycles. The van der Waals surface area contributed by atoms with Crippen molar-refractivity contribution in [3.05, 3.63) is 29.6 Å². The molecule has 2 N–H and O–H groups in total. The molecule has 0 unspecified atom stereocenters. The molecule has 3 aliphatic rings. The first-order chi connectivity index (χ1) is 14.8. The molecular weight excluding hydrogens is 399 g/mol. The molecule has 8 heteroatoms. The molecule has 3 atom stereocenters. The van der Waals surface area contributed by atoms with Crippen LogP contribution in [-0.2, 0) is 15.1 Å². The van der Waals surface area contributed by atoms with Crippen molar-refractivity contribution >= 4 is 11.9 Å². The predicted octanol–water partition coefficient (Wildman–Crippen LogP) is 3.30. The van der Waals surface area contributed by atoms with Crippen LogP contribution in [0.2, 0.25) is 0 Å². The molecule has 166 valence electrons. The van der Waals surface area contributed by atoms with Gasteiger partial charge in [0, 0.05) is 24.4 Å². The SMILES string of the molecule is C[C@H]1C[C@H]2C(=O)N(C)C(=N)N[C@@]2(c2cc(OCC3(CCC#N)CCC3)ccc2F)CO1. The van der Waals surface area contributed by atoms with E-state index in [4.69, 9.17) is 20.1 Å². The maximum atomic E-state index is 15.1. The van der Waals surface area contributed by atoms with Crippen LogP contribution in [0.1, 0.15) is 51.0 Å². The third kappa shape index (κ3) is 3.76. The van der Waals surface area contributed by atoms with Crippen molar-refractivity contribution in [2.24, 2.45) is 11.3 Å². The molecule has 7 nitrogen and oxygen atoms in total. The Morgan fingerprint density at radius 1 is 1.45 bits per heavy atom. The van der Waals surface area contributed by atoms with Crippen molar-refractivity contribution in [2.75, 3.05) is 20.3 Å². The number of rotatable bonds is 6. The molecule has 1 saturated carbocycles. The highest BCUT2D eigenvalue weighted by atomic mass is 19.1. The smallest absolute Gasteiger partial charge is 0.235 e. The van der Waals surface area contributed by atoms with Gasteiger partial charge in [0.2, 0.25) is 5.91 Å². The summed E-state index contributed by atoms with van der Waals surface area (Å²) in [6.07, 6.45) is 4.79. The van der Waals surface area contributed by atoms with Crippen LogP contribution in [0.25, 0.3) is 0 Å². The summed E-state index contributed by atoms with van der Waals surface area (Å²) < 4.78 is 27.0. The molecule has 1 aromatic rings. The first-order valence-corrected chi connectivity index (χ1v) is 10.9. The number of guanidine groups is 1. The largest absolute Gasteiger partial charge is 0.493 e. The molecule has 0 spiro atoms. The van der Waals surface area contributed by atoms with E-state index in [0.717, 1.165) is 25.7 Å². The zero-order chi connectivity index (χ0) is 22.2. The topological polar surface area (TPSA) is 98.4 Å². The molecule has 1 aromatic carbocycles. The van der Waals surface area contributed by atoms with Crippen LogP contribution in [0, 0.1) is 33.9 Å². The minimum Gasteiger partial charge on any atom is -0.493 e. The van der Waals surface area contributed by atoms with Gasteiger partial charge in [-0.25, -0.2) is 4.39 Å². The van der Waals surface area contributed by atoms with Crippen molar-refractivity contribution in [2.45, 2.75) is 57.1 Å². The van der Waals surface area contributed by atoms with E-state index >= 15 is 4.39 Å². The summed E-state index contributed by atoms with van der Waals surface area (Å²) in [4.78, 5) is 14.3. The Morgan fingerprint density at radius 3 is 2.90 bits per heavy atom. The molecule has 1 amide bonds. The Labute approximate surface area is 182 Å². The Balaban J connectivity index is 1.63. The van der Waals surface area contributed by atoms with Crippen LogP contribution in [0.5, 0.6) is 5.75 Å². The van der Waals surface area contributed by atoms with Gasteiger partial charge in [-0.05, 0) is 50.8 Å². The lowest BCUT2D eigenvalue weighted by Crippen LogP contribution is -2.69. The van der Waals surface area contributed by atoms with Gasteiger partial charge in [0.1, 0.15) is 17.1 Å². The zero-order valence-corrected chi connectivity index (χ0v) is 18.0. The third-order valence-electron chi connectivity index (χ3n) is 7.21. The third-order valence-corrected chi connectivity index (χ3v) is 7.21. The lowest BCUT2D eigenvalue weighted by atomic mass is 9.67. The number of nitrogens with zero attached hydrogens (tertiary/aromatic N) is 2. The van der Waals surface area contributed by atoms with Crippen LogP contribution >= 0.6 is 0 Å². The van der Waals surface area contributed by atoms with Crippen LogP contribution in [0.4, 0.5) is 4.39 Å². The van der Waals surface area contributed by atoms with E-state index in [2.05, 4.69) is 11.4 Å². The monoisotopic (exact) mass is 428 g/mol. The fraction of sp³-hybridized carbons (Fsp3) is 0.609. The fourth-order valence-electron chi connectivity index (χ4n) is 5.02. The second-order valence-corrected chi connectivity index (χ2v) is 9.19. The average molecular weight is 429 g/mol. The van der Waals surface area contributed by atoms with Gasteiger partial charge in [0.15, 0.2) is 5.96 Å². The normalized spacial score (nSPS) is 29.4. The molecule has 0 radical (unpaired) electrons.